The molecule has 0 N–H and O–H groups in total. The monoisotopic (exact) mass is 224 g/mol. The highest BCUT2D eigenvalue weighted by molar-refractivity contribution is 9.09. The number of alkyl halides is 1. The van der Waals surface area contributed by atoms with E-state index in [1.54, 1.807) is 0 Å². The maximum atomic E-state index is 10.8. The Morgan fingerprint density at radius 1 is 1.70 bits per heavy atom. The summed E-state index contributed by atoms with van der Waals surface area (Å²) < 4.78 is 5.01. The van der Waals surface area contributed by atoms with Crippen LogP contribution in [0.4, 0.5) is 0 Å². The zero-order valence-electron chi connectivity index (χ0n) is 6.39. The summed E-state index contributed by atoms with van der Waals surface area (Å²) in [6.07, 6.45) is 0. The molecule has 0 aliphatic rings. The molecule has 4 heteroatoms. The van der Waals surface area contributed by atoms with Crippen LogP contribution in [0.1, 0.15) is 13.8 Å². The molecule has 0 amide bonds. The van der Waals surface area contributed by atoms with Crippen LogP contribution in [-0.4, -0.2) is 21.1 Å². The molecule has 0 fully saturated rings. The first kappa shape index (κ1) is 10.2. The molecule has 0 aliphatic carbocycles. The van der Waals surface area contributed by atoms with Crippen LogP contribution in [0.2, 0.25) is 6.04 Å². The summed E-state index contributed by atoms with van der Waals surface area (Å²) in [6.45, 7) is 3.70. The van der Waals surface area contributed by atoms with E-state index < -0.39 is 9.76 Å². The fourth-order valence-corrected chi connectivity index (χ4v) is 1.87. The number of halogens is 1. The Kier molecular flexibility index (Phi) is 6.01. The highest BCUT2D eigenvalue weighted by Gasteiger charge is 2.06. The largest absolute Gasteiger partial charge is 0.525 e. The van der Waals surface area contributed by atoms with Crippen molar-refractivity contribution in [3.05, 3.63) is 0 Å². The van der Waals surface area contributed by atoms with Crippen LogP contribution in [0.25, 0.3) is 0 Å². The molecular formula is C6H13BrO2Si. The van der Waals surface area contributed by atoms with Gasteiger partial charge >= 0.3 is 0 Å². The number of hydrogen-bond acceptors (Lipinski definition) is 2. The molecule has 0 rings (SSSR count). The van der Waals surface area contributed by atoms with E-state index in [9.17, 15) is 4.79 Å². The van der Waals surface area contributed by atoms with E-state index in [0.717, 1.165) is 11.4 Å². The lowest BCUT2D eigenvalue weighted by Gasteiger charge is -2.04. The Hall–Kier alpha value is 0.167. The van der Waals surface area contributed by atoms with Crippen LogP contribution in [0.3, 0.4) is 0 Å². The second-order valence-electron chi connectivity index (χ2n) is 2.36. The van der Waals surface area contributed by atoms with Gasteiger partial charge in [-0.25, -0.2) is 0 Å². The van der Waals surface area contributed by atoms with Crippen molar-refractivity contribution in [2.24, 2.45) is 5.92 Å². The second kappa shape index (κ2) is 5.92. The highest BCUT2D eigenvalue weighted by Crippen LogP contribution is 1.96. The molecule has 0 aromatic carbocycles. The predicted octanol–water partition coefficient (Wildman–Crippen LogP) is 1.08. The van der Waals surface area contributed by atoms with Gasteiger partial charge in [-0.3, -0.25) is 4.79 Å². The number of carbonyl (C=O) groups is 1. The van der Waals surface area contributed by atoms with Gasteiger partial charge in [0.2, 0.25) is 9.76 Å². The summed E-state index contributed by atoms with van der Waals surface area (Å²) in [7, 11) is -0.575. The lowest BCUT2D eigenvalue weighted by atomic mass is 10.2. The first-order valence-electron chi connectivity index (χ1n) is 3.41. The van der Waals surface area contributed by atoms with Crippen molar-refractivity contribution in [3.63, 3.8) is 0 Å². The van der Waals surface area contributed by atoms with Gasteiger partial charge in [0, 0.05) is 11.2 Å². The summed E-state index contributed by atoms with van der Waals surface area (Å²) in [5.41, 5.74) is 0. The van der Waals surface area contributed by atoms with E-state index in [1.807, 2.05) is 13.8 Å². The zero-order chi connectivity index (χ0) is 7.98. The molecule has 0 aromatic rings. The van der Waals surface area contributed by atoms with Gasteiger partial charge < -0.3 is 4.43 Å². The second-order valence-corrected chi connectivity index (χ2v) is 4.56. The highest BCUT2D eigenvalue weighted by atomic mass is 79.9. The molecule has 0 radical (unpaired) electrons. The average Bonchev–Trinajstić information content (AvgIpc) is 1.88. The molecule has 60 valence electrons. The number of carbonyl (C=O) groups excluding carboxylic acids is 1. The minimum atomic E-state index is -0.575. The van der Waals surface area contributed by atoms with Gasteiger partial charge in [0.1, 0.15) is 0 Å². The molecule has 0 aliphatic heterocycles. The van der Waals surface area contributed by atoms with Crippen molar-refractivity contribution < 1.29 is 9.22 Å². The van der Waals surface area contributed by atoms with Crippen LogP contribution in [0.15, 0.2) is 0 Å². The van der Waals surface area contributed by atoms with Crippen molar-refractivity contribution in [1.82, 2.24) is 0 Å². The standard InChI is InChI=1S/C6H13BrO2Si/c1-5(2)6(8)9-10-4-3-7/h5H,3-4,10H2,1-2H3. The van der Waals surface area contributed by atoms with Crippen molar-refractivity contribution in [2.45, 2.75) is 19.9 Å². The van der Waals surface area contributed by atoms with Crippen LogP contribution in [0, 0.1) is 5.92 Å². The van der Waals surface area contributed by atoms with E-state index in [4.69, 9.17) is 4.43 Å². The van der Waals surface area contributed by atoms with E-state index in [1.165, 1.54) is 0 Å². The van der Waals surface area contributed by atoms with E-state index >= 15 is 0 Å². The Morgan fingerprint density at radius 2 is 2.30 bits per heavy atom. The molecular weight excluding hydrogens is 212 g/mol. The number of rotatable bonds is 4. The van der Waals surface area contributed by atoms with E-state index in [0.29, 0.717) is 0 Å². The summed E-state index contributed by atoms with van der Waals surface area (Å²) in [5.74, 6) is -0.0181. The molecule has 0 heterocycles. The zero-order valence-corrected chi connectivity index (χ0v) is 9.39. The third-order valence-corrected chi connectivity index (χ3v) is 3.72. The average molecular weight is 225 g/mol. The van der Waals surface area contributed by atoms with Gasteiger partial charge in [0.15, 0.2) is 0 Å². The molecule has 0 saturated heterocycles. The van der Waals surface area contributed by atoms with Gasteiger partial charge in [-0.05, 0) is 6.04 Å². The Morgan fingerprint density at radius 3 is 2.70 bits per heavy atom. The van der Waals surface area contributed by atoms with Gasteiger partial charge in [-0.1, -0.05) is 29.8 Å². The Labute approximate surface area is 72.4 Å². The quantitative estimate of drug-likeness (QED) is 0.406. The van der Waals surface area contributed by atoms with Crippen molar-refractivity contribution in [3.8, 4) is 0 Å². The minimum Gasteiger partial charge on any atom is -0.525 e. The summed E-state index contributed by atoms with van der Waals surface area (Å²) >= 11 is 3.28. The Balaban J connectivity index is 3.22. The van der Waals surface area contributed by atoms with Crippen molar-refractivity contribution in [1.29, 1.82) is 0 Å². The van der Waals surface area contributed by atoms with Gasteiger partial charge in [-0.15, -0.1) is 0 Å². The summed E-state index contributed by atoms with van der Waals surface area (Å²) in [6, 6.07) is 1.03. The van der Waals surface area contributed by atoms with E-state index in [-0.39, 0.29) is 11.9 Å². The number of hydrogen-bond donors (Lipinski definition) is 0. The molecule has 0 spiro atoms. The molecule has 0 unspecified atom stereocenters. The maximum Gasteiger partial charge on any atom is 0.294 e. The smallest absolute Gasteiger partial charge is 0.294 e. The molecule has 0 atom stereocenters. The summed E-state index contributed by atoms with van der Waals surface area (Å²) in [4.78, 5) is 10.8. The predicted molar refractivity (Wildman–Crippen MR) is 48.1 cm³/mol. The Bertz CT molecular complexity index is 106. The minimum absolute atomic E-state index is 0.0304. The normalized spacial score (nSPS) is 11.2. The van der Waals surface area contributed by atoms with Crippen LogP contribution < -0.4 is 0 Å². The van der Waals surface area contributed by atoms with Gasteiger partial charge in [0.05, 0.1) is 0 Å². The fraction of sp³-hybridized carbons (Fsp3) is 0.833. The van der Waals surface area contributed by atoms with Gasteiger partial charge in [-0.2, -0.15) is 0 Å². The first-order chi connectivity index (χ1) is 4.68. The first-order valence-corrected chi connectivity index (χ1v) is 6.11. The molecule has 0 aromatic heterocycles. The molecule has 2 nitrogen and oxygen atoms in total. The maximum absolute atomic E-state index is 10.8. The van der Waals surface area contributed by atoms with Crippen molar-refractivity contribution in [2.75, 3.05) is 5.33 Å². The van der Waals surface area contributed by atoms with Gasteiger partial charge in [0.25, 0.3) is 5.97 Å². The molecule has 10 heavy (non-hydrogen) atoms. The van der Waals surface area contributed by atoms with Crippen molar-refractivity contribution >= 4 is 31.7 Å². The lowest BCUT2D eigenvalue weighted by molar-refractivity contribution is -0.137. The van der Waals surface area contributed by atoms with E-state index in [2.05, 4.69) is 15.9 Å². The van der Waals surface area contributed by atoms with Crippen LogP contribution in [-0.2, 0) is 9.22 Å². The molecule has 0 saturated carbocycles. The molecule has 0 bridgehead atoms. The van der Waals surface area contributed by atoms with Crippen LogP contribution >= 0.6 is 15.9 Å². The fourth-order valence-electron chi connectivity index (χ4n) is 0.394. The van der Waals surface area contributed by atoms with Crippen LogP contribution in [0.5, 0.6) is 0 Å². The third-order valence-electron chi connectivity index (χ3n) is 0.994. The topological polar surface area (TPSA) is 26.3 Å². The third kappa shape index (κ3) is 4.99. The summed E-state index contributed by atoms with van der Waals surface area (Å²) in [5, 5.41) is 0.949. The SMILES string of the molecule is CC(C)C(=O)O[SiH2]CCBr. The lowest BCUT2D eigenvalue weighted by Crippen LogP contribution is -2.14.